The smallest absolute Gasteiger partial charge is 0.278 e. The van der Waals surface area contributed by atoms with Gasteiger partial charge in [0, 0.05) is 44.3 Å². The second-order valence-corrected chi connectivity index (χ2v) is 7.97. The van der Waals surface area contributed by atoms with Crippen LogP contribution in [0, 0.1) is 0 Å². The molecule has 8 heteroatoms. The molecule has 33 heavy (non-hydrogen) atoms. The maximum atomic E-state index is 13.5. The van der Waals surface area contributed by atoms with Crippen LogP contribution in [-0.4, -0.2) is 63.7 Å². The van der Waals surface area contributed by atoms with Crippen LogP contribution in [0.1, 0.15) is 16.1 Å². The number of piperazine rings is 1. The minimum atomic E-state index is -0.0904. The predicted octanol–water partition coefficient (Wildman–Crippen LogP) is 3.09. The first-order chi connectivity index (χ1) is 16.2. The first-order valence-corrected chi connectivity index (χ1v) is 11.0. The zero-order valence-corrected chi connectivity index (χ0v) is 18.5. The maximum Gasteiger partial charge on any atom is 0.278 e. The van der Waals surface area contributed by atoms with Gasteiger partial charge in [-0.15, -0.1) is 5.10 Å². The molecule has 0 spiro atoms. The largest absolute Gasteiger partial charge is 0.497 e. The van der Waals surface area contributed by atoms with Gasteiger partial charge in [-0.05, 0) is 42.0 Å². The van der Waals surface area contributed by atoms with E-state index in [0.29, 0.717) is 31.1 Å². The lowest BCUT2D eigenvalue weighted by molar-refractivity contribution is 0.0740. The second-order valence-electron chi connectivity index (χ2n) is 7.97. The molecule has 0 N–H and O–H groups in total. The van der Waals surface area contributed by atoms with Gasteiger partial charge in [-0.3, -0.25) is 4.79 Å². The molecule has 0 atom stereocenters. The average Bonchev–Trinajstić information content (AvgIpc) is 3.55. The molecule has 1 saturated heterocycles. The molecule has 3 heterocycles. The third-order valence-electron chi connectivity index (χ3n) is 5.94. The van der Waals surface area contributed by atoms with Crippen molar-refractivity contribution in [2.45, 2.75) is 6.54 Å². The SMILES string of the molecule is COc1ccc(Cn2nnc(C(=O)N3CCN(c4ccccc4)CC3)c2-n2cccc2)cc1. The Morgan fingerprint density at radius 1 is 0.909 bits per heavy atom. The van der Waals surface area contributed by atoms with Gasteiger partial charge < -0.3 is 19.1 Å². The van der Waals surface area contributed by atoms with Gasteiger partial charge in [0.1, 0.15) is 5.75 Å². The number of hydrogen-bond acceptors (Lipinski definition) is 5. The van der Waals surface area contributed by atoms with Gasteiger partial charge in [0.15, 0.2) is 11.5 Å². The van der Waals surface area contributed by atoms with Crippen LogP contribution in [0.25, 0.3) is 5.82 Å². The average molecular weight is 443 g/mol. The van der Waals surface area contributed by atoms with Crippen molar-refractivity contribution in [2.24, 2.45) is 0 Å². The van der Waals surface area contributed by atoms with Gasteiger partial charge in [-0.1, -0.05) is 35.5 Å². The van der Waals surface area contributed by atoms with Gasteiger partial charge in [0.25, 0.3) is 5.91 Å². The van der Waals surface area contributed by atoms with E-state index in [2.05, 4.69) is 27.3 Å². The van der Waals surface area contributed by atoms with E-state index in [1.807, 2.05) is 76.5 Å². The molecule has 1 aliphatic heterocycles. The number of methoxy groups -OCH3 is 1. The van der Waals surface area contributed by atoms with Gasteiger partial charge in [-0.25, -0.2) is 4.68 Å². The molecular formula is C25H26N6O2. The summed E-state index contributed by atoms with van der Waals surface area (Å²) in [5.41, 5.74) is 2.60. The highest BCUT2D eigenvalue weighted by Gasteiger charge is 2.28. The molecule has 0 radical (unpaired) electrons. The summed E-state index contributed by atoms with van der Waals surface area (Å²) in [6.45, 7) is 3.36. The van der Waals surface area contributed by atoms with Crippen molar-refractivity contribution in [2.75, 3.05) is 38.2 Å². The molecule has 4 aromatic rings. The number of nitrogens with zero attached hydrogens (tertiary/aromatic N) is 6. The van der Waals surface area contributed by atoms with Gasteiger partial charge in [0.05, 0.1) is 13.7 Å². The first kappa shape index (κ1) is 20.8. The normalized spacial score (nSPS) is 13.8. The monoisotopic (exact) mass is 442 g/mol. The lowest BCUT2D eigenvalue weighted by atomic mass is 10.2. The summed E-state index contributed by atoms with van der Waals surface area (Å²) in [5, 5.41) is 8.66. The standard InChI is InChI=1S/C25H26N6O2/c1-33-22-11-9-20(10-12-22)19-31-24(29-13-5-6-14-29)23(26-27-31)25(32)30-17-15-28(16-18-30)21-7-3-2-4-8-21/h2-14H,15-19H2,1H3. The van der Waals surface area contributed by atoms with Crippen LogP contribution in [0.15, 0.2) is 79.1 Å². The molecule has 1 amide bonds. The van der Waals surface area contributed by atoms with Crippen molar-refractivity contribution in [1.82, 2.24) is 24.5 Å². The summed E-state index contributed by atoms with van der Waals surface area (Å²) in [6.07, 6.45) is 3.82. The van der Waals surface area contributed by atoms with Crippen LogP contribution in [0.3, 0.4) is 0 Å². The Kier molecular flexibility index (Phi) is 5.80. The summed E-state index contributed by atoms with van der Waals surface area (Å²) >= 11 is 0. The van der Waals surface area contributed by atoms with E-state index in [0.717, 1.165) is 24.4 Å². The fourth-order valence-corrected chi connectivity index (χ4v) is 4.14. The van der Waals surface area contributed by atoms with Crippen LogP contribution < -0.4 is 9.64 Å². The number of rotatable bonds is 6. The predicted molar refractivity (Wildman–Crippen MR) is 126 cm³/mol. The molecule has 5 rings (SSSR count). The Hall–Kier alpha value is -4.07. The first-order valence-electron chi connectivity index (χ1n) is 11.0. The molecule has 2 aromatic carbocycles. The Morgan fingerprint density at radius 3 is 2.27 bits per heavy atom. The van der Waals surface area contributed by atoms with Crippen molar-refractivity contribution in [3.8, 4) is 11.6 Å². The highest BCUT2D eigenvalue weighted by molar-refractivity contribution is 5.95. The zero-order chi connectivity index (χ0) is 22.6. The molecule has 8 nitrogen and oxygen atoms in total. The molecule has 0 saturated carbocycles. The lowest BCUT2D eigenvalue weighted by Gasteiger charge is -2.35. The lowest BCUT2D eigenvalue weighted by Crippen LogP contribution is -2.49. The second kappa shape index (κ2) is 9.20. The van der Waals surface area contributed by atoms with E-state index < -0.39 is 0 Å². The maximum absolute atomic E-state index is 13.5. The molecule has 1 aliphatic rings. The van der Waals surface area contributed by atoms with Crippen molar-refractivity contribution < 1.29 is 9.53 Å². The summed E-state index contributed by atoms with van der Waals surface area (Å²) in [6, 6.07) is 22.0. The molecule has 168 valence electrons. The number of carbonyl (C=O) groups excluding carboxylic acids is 1. The third kappa shape index (κ3) is 4.32. The Labute approximate surface area is 192 Å². The van der Waals surface area contributed by atoms with E-state index in [9.17, 15) is 4.79 Å². The fraction of sp³-hybridized carbons (Fsp3) is 0.240. The molecule has 2 aromatic heterocycles. The van der Waals surface area contributed by atoms with E-state index in [1.165, 1.54) is 5.69 Å². The van der Waals surface area contributed by atoms with E-state index in [-0.39, 0.29) is 5.91 Å². The molecule has 0 unspecified atom stereocenters. The van der Waals surface area contributed by atoms with Crippen molar-refractivity contribution in [3.63, 3.8) is 0 Å². The van der Waals surface area contributed by atoms with E-state index >= 15 is 0 Å². The Morgan fingerprint density at radius 2 is 1.61 bits per heavy atom. The number of ether oxygens (including phenoxy) is 1. The topological polar surface area (TPSA) is 68.4 Å². The van der Waals surface area contributed by atoms with Crippen molar-refractivity contribution >= 4 is 11.6 Å². The number of carbonyl (C=O) groups is 1. The number of aromatic nitrogens is 4. The minimum Gasteiger partial charge on any atom is -0.497 e. The highest BCUT2D eigenvalue weighted by atomic mass is 16.5. The Balaban J connectivity index is 1.37. The van der Waals surface area contributed by atoms with Crippen LogP contribution >= 0.6 is 0 Å². The summed E-state index contributed by atoms with van der Waals surface area (Å²) in [4.78, 5) is 17.6. The number of benzene rings is 2. The summed E-state index contributed by atoms with van der Waals surface area (Å²) < 4.78 is 8.92. The van der Waals surface area contributed by atoms with Crippen LogP contribution in [0.5, 0.6) is 5.75 Å². The quantitative estimate of drug-likeness (QED) is 0.459. The summed E-state index contributed by atoms with van der Waals surface area (Å²) in [5.74, 6) is 1.38. The Bertz CT molecular complexity index is 1190. The van der Waals surface area contributed by atoms with Gasteiger partial charge in [0.2, 0.25) is 0 Å². The van der Waals surface area contributed by atoms with E-state index in [4.69, 9.17) is 4.74 Å². The number of para-hydroxylation sites is 1. The molecule has 1 fully saturated rings. The van der Waals surface area contributed by atoms with Gasteiger partial charge >= 0.3 is 0 Å². The number of amides is 1. The molecular weight excluding hydrogens is 416 g/mol. The van der Waals surface area contributed by atoms with E-state index in [1.54, 1.807) is 11.8 Å². The van der Waals surface area contributed by atoms with Crippen LogP contribution in [0.4, 0.5) is 5.69 Å². The highest BCUT2D eigenvalue weighted by Crippen LogP contribution is 2.20. The van der Waals surface area contributed by atoms with Crippen LogP contribution in [-0.2, 0) is 6.54 Å². The fourth-order valence-electron chi connectivity index (χ4n) is 4.14. The third-order valence-corrected chi connectivity index (χ3v) is 5.94. The van der Waals surface area contributed by atoms with Gasteiger partial charge in [-0.2, -0.15) is 0 Å². The number of anilines is 1. The van der Waals surface area contributed by atoms with Crippen LogP contribution in [0.2, 0.25) is 0 Å². The summed E-state index contributed by atoms with van der Waals surface area (Å²) in [7, 11) is 1.65. The van der Waals surface area contributed by atoms with Crippen molar-refractivity contribution in [3.05, 3.63) is 90.4 Å². The zero-order valence-electron chi connectivity index (χ0n) is 18.5. The number of hydrogen-bond donors (Lipinski definition) is 0. The molecule has 0 aliphatic carbocycles. The molecule has 0 bridgehead atoms. The minimum absolute atomic E-state index is 0.0904. The van der Waals surface area contributed by atoms with Crippen molar-refractivity contribution in [1.29, 1.82) is 0 Å².